The third-order valence-corrected chi connectivity index (χ3v) is 3.36. The number of fused-ring (bicyclic) bond motifs is 3. The van der Waals surface area contributed by atoms with E-state index in [1.54, 1.807) is 11.3 Å². The van der Waals surface area contributed by atoms with Crippen molar-refractivity contribution in [3.05, 3.63) is 45.6 Å². The van der Waals surface area contributed by atoms with Gasteiger partial charge in [0.25, 0.3) is 0 Å². The molecule has 0 spiro atoms. The van der Waals surface area contributed by atoms with Crippen molar-refractivity contribution in [3.63, 3.8) is 0 Å². The Labute approximate surface area is 86.0 Å². The summed E-state index contributed by atoms with van der Waals surface area (Å²) >= 11 is 1.59. The fraction of sp³-hybridized carbons (Fsp3) is 0.0833. The monoisotopic (exact) mass is 200 g/mol. The minimum absolute atomic E-state index is 0.181. The van der Waals surface area contributed by atoms with Gasteiger partial charge in [-0.3, -0.25) is 4.79 Å². The highest BCUT2D eigenvalue weighted by molar-refractivity contribution is 7.08. The van der Waals surface area contributed by atoms with E-state index in [1.165, 1.54) is 0 Å². The molecule has 2 aromatic rings. The first-order valence-electron chi connectivity index (χ1n) is 4.49. The molecule has 3 rings (SSSR count). The number of hydrogen-bond donors (Lipinski definition) is 0. The van der Waals surface area contributed by atoms with Crippen LogP contribution in [0.2, 0.25) is 0 Å². The topological polar surface area (TPSA) is 17.1 Å². The van der Waals surface area contributed by atoms with Crippen molar-refractivity contribution in [2.45, 2.75) is 6.92 Å². The zero-order valence-electron chi connectivity index (χ0n) is 7.70. The van der Waals surface area contributed by atoms with Gasteiger partial charge in [0.15, 0.2) is 5.78 Å². The zero-order valence-corrected chi connectivity index (χ0v) is 8.52. The standard InChI is InChI=1S/C12H8OS/c1-7-2-3-8-9(4-7)12(13)11-6-14-5-10(8)11/h2-6H,1H3. The number of thiophene rings is 1. The van der Waals surface area contributed by atoms with Gasteiger partial charge in [-0.2, -0.15) is 11.3 Å². The van der Waals surface area contributed by atoms with Gasteiger partial charge in [0, 0.05) is 22.1 Å². The van der Waals surface area contributed by atoms with E-state index in [1.807, 2.05) is 24.4 Å². The molecule has 1 aliphatic rings. The molecule has 0 unspecified atom stereocenters. The largest absolute Gasteiger partial charge is 0.289 e. The van der Waals surface area contributed by atoms with Crippen molar-refractivity contribution < 1.29 is 4.79 Å². The van der Waals surface area contributed by atoms with Gasteiger partial charge in [-0.25, -0.2) is 0 Å². The van der Waals surface area contributed by atoms with Crippen molar-refractivity contribution in [2.24, 2.45) is 0 Å². The van der Waals surface area contributed by atoms with Crippen molar-refractivity contribution in [1.29, 1.82) is 0 Å². The van der Waals surface area contributed by atoms with Crippen LogP contribution in [0.5, 0.6) is 0 Å². The number of carbonyl (C=O) groups is 1. The minimum Gasteiger partial charge on any atom is -0.289 e. The zero-order chi connectivity index (χ0) is 9.71. The fourth-order valence-corrected chi connectivity index (χ4v) is 2.74. The van der Waals surface area contributed by atoms with E-state index in [0.29, 0.717) is 0 Å². The van der Waals surface area contributed by atoms with Gasteiger partial charge in [0.05, 0.1) is 0 Å². The minimum atomic E-state index is 0.181. The van der Waals surface area contributed by atoms with Crippen LogP contribution < -0.4 is 0 Å². The molecule has 0 atom stereocenters. The molecule has 1 aromatic heterocycles. The third-order valence-electron chi connectivity index (χ3n) is 2.62. The van der Waals surface area contributed by atoms with E-state index in [4.69, 9.17) is 0 Å². The van der Waals surface area contributed by atoms with E-state index in [0.717, 1.165) is 27.8 Å². The molecule has 0 bridgehead atoms. The van der Waals surface area contributed by atoms with Crippen molar-refractivity contribution in [3.8, 4) is 11.1 Å². The first kappa shape index (κ1) is 7.94. The highest BCUT2D eigenvalue weighted by atomic mass is 32.1. The molecule has 1 heterocycles. The Morgan fingerprint density at radius 2 is 1.79 bits per heavy atom. The lowest BCUT2D eigenvalue weighted by Crippen LogP contribution is -1.93. The summed E-state index contributed by atoms with van der Waals surface area (Å²) in [5, 5.41) is 3.99. The molecule has 1 nitrogen and oxygen atoms in total. The number of rotatable bonds is 0. The fourth-order valence-electron chi connectivity index (χ4n) is 1.91. The quantitative estimate of drug-likeness (QED) is 0.544. The number of benzene rings is 1. The SMILES string of the molecule is Cc1ccc2c(c1)C(=O)c1cscc1-2. The molecule has 2 heteroatoms. The predicted molar refractivity (Wildman–Crippen MR) is 57.9 cm³/mol. The van der Waals surface area contributed by atoms with Crippen molar-refractivity contribution in [2.75, 3.05) is 0 Å². The Hall–Kier alpha value is -1.41. The summed E-state index contributed by atoms with van der Waals surface area (Å²) in [6.07, 6.45) is 0. The molecule has 0 radical (unpaired) electrons. The Balaban J connectivity index is 2.38. The van der Waals surface area contributed by atoms with Gasteiger partial charge in [-0.15, -0.1) is 0 Å². The lowest BCUT2D eigenvalue weighted by Gasteiger charge is -1.98. The normalized spacial score (nSPS) is 12.8. The maximum atomic E-state index is 11.9. The van der Waals surface area contributed by atoms with Gasteiger partial charge >= 0.3 is 0 Å². The van der Waals surface area contributed by atoms with Gasteiger partial charge in [-0.1, -0.05) is 17.7 Å². The van der Waals surface area contributed by atoms with Crippen LogP contribution >= 0.6 is 11.3 Å². The van der Waals surface area contributed by atoms with Gasteiger partial charge in [0.2, 0.25) is 0 Å². The highest BCUT2D eigenvalue weighted by Crippen LogP contribution is 2.38. The number of hydrogen-bond acceptors (Lipinski definition) is 2. The lowest BCUT2D eigenvalue weighted by molar-refractivity contribution is 0.104. The summed E-state index contributed by atoms with van der Waals surface area (Å²) in [4.78, 5) is 11.9. The molecular formula is C12H8OS. The summed E-state index contributed by atoms with van der Waals surface area (Å²) in [7, 11) is 0. The van der Waals surface area contributed by atoms with E-state index in [2.05, 4.69) is 11.4 Å². The van der Waals surface area contributed by atoms with Crippen LogP contribution in [-0.2, 0) is 0 Å². The molecule has 0 N–H and O–H groups in total. The van der Waals surface area contributed by atoms with Crippen molar-refractivity contribution in [1.82, 2.24) is 0 Å². The Morgan fingerprint density at radius 1 is 1.00 bits per heavy atom. The summed E-state index contributed by atoms with van der Waals surface area (Å²) in [5.74, 6) is 0.181. The molecule has 0 fully saturated rings. The smallest absolute Gasteiger partial charge is 0.195 e. The average molecular weight is 200 g/mol. The van der Waals surface area contributed by atoms with Crippen LogP contribution in [0.15, 0.2) is 29.0 Å². The summed E-state index contributed by atoms with van der Waals surface area (Å²) in [6.45, 7) is 2.01. The van der Waals surface area contributed by atoms with Crippen LogP contribution in [0.3, 0.4) is 0 Å². The molecule has 14 heavy (non-hydrogen) atoms. The van der Waals surface area contributed by atoms with E-state index >= 15 is 0 Å². The van der Waals surface area contributed by atoms with E-state index < -0.39 is 0 Å². The van der Waals surface area contributed by atoms with Crippen LogP contribution in [0.4, 0.5) is 0 Å². The van der Waals surface area contributed by atoms with Crippen LogP contribution in [0.25, 0.3) is 11.1 Å². The van der Waals surface area contributed by atoms with Crippen LogP contribution in [-0.4, -0.2) is 5.78 Å². The first-order valence-corrected chi connectivity index (χ1v) is 5.43. The second kappa shape index (κ2) is 2.55. The maximum Gasteiger partial charge on any atom is 0.195 e. The number of aryl methyl sites for hydroxylation is 1. The van der Waals surface area contributed by atoms with Gasteiger partial charge in [0.1, 0.15) is 0 Å². The van der Waals surface area contributed by atoms with Crippen molar-refractivity contribution >= 4 is 17.1 Å². The molecular weight excluding hydrogens is 192 g/mol. The molecule has 1 aromatic carbocycles. The second-order valence-electron chi connectivity index (χ2n) is 3.58. The predicted octanol–water partition coefficient (Wildman–Crippen LogP) is 3.27. The van der Waals surface area contributed by atoms with Crippen LogP contribution in [0.1, 0.15) is 21.5 Å². The maximum absolute atomic E-state index is 11.9. The highest BCUT2D eigenvalue weighted by Gasteiger charge is 2.26. The third kappa shape index (κ3) is 0.863. The van der Waals surface area contributed by atoms with E-state index in [-0.39, 0.29) is 5.78 Å². The average Bonchev–Trinajstić information content (AvgIpc) is 2.72. The lowest BCUT2D eigenvalue weighted by atomic mass is 10.1. The Bertz CT molecular complexity index is 537. The number of ketones is 1. The number of carbonyl (C=O) groups excluding carboxylic acids is 1. The molecule has 0 saturated heterocycles. The molecule has 0 aliphatic heterocycles. The first-order chi connectivity index (χ1) is 6.77. The molecule has 1 aliphatic carbocycles. The Morgan fingerprint density at radius 3 is 2.64 bits per heavy atom. The van der Waals surface area contributed by atoms with Gasteiger partial charge < -0.3 is 0 Å². The second-order valence-corrected chi connectivity index (χ2v) is 4.32. The van der Waals surface area contributed by atoms with Crippen LogP contribution in [0, 0.1) is 6.92 Å². The summed E-state index contributed by atoms with van der Waals surface area (Å²) < 4.78 is 0. The summed E-state index contributed by atoms with van der Waals surface area (Å²) in [5.41, 5.74) is 5.08. The summed E-state index contributed by atoms with van der Waals surface area (Å²) in [6, 6.07) is 6.07. The van der Waals surface area contributed by atoms with Gasteiger partial charge in [-0.05, 0) is 23.9 Å². The molecule has 0 saturated carbocycles. The van der Waals surface area contributed by atoms with E-state index in [9.17, 15) is 4.79 Å². The molecule has 0 amide bonds. The Kier molecular flexibility index (Phi) is 1.45. The molecule has 68 valence electrons.